The minimum atomic E-state index is -0.285. The summed E-state index contributed by atoms with van der Waals surface area (Å²) < 4.78 is 0. The Labute approximate surface area is 123 Å². The number of thiazole rings is 1. The molecule has 2 rings (SSSR count). The van der Waals surface area contributed by atoms with Gasteiger partial charge in [0, 0.05) is 12.2 Å². The summed E-state index contributed by atoms with van der Waals surface area (Å²) in [4.78, 5) is 25.7. The molecule has 0 atom stereocenters. The summed E-state index contributed by atoms with van der Waals surface area (Å²) in [6, 6.07) is 5.14. The number of nitrogens with one attached hydrogen (secondary N) is 2. The number of carbonyl (C=O) groups is 1. The van der Waals surface area contributed by atoms with Gasteiger partial charge in [-0.1, -0.05) is 40.6 Å². The monoisotopic (exact) mass is 316 g/mol. The normalized spacial score (nSPS) is 10.5. The van der Waals surface area contributed by atoms with Crippen molar-refractivity contribution in [2.24, 2.45) is 0 Å². The number of rotatable bonds is 3. The summed E-state index contributed by atoms with van der Waals surface area (Å²) in [5, 5.41) is 3.64. The number of aromatic amines is 1. The molecule has 0 aliphatic heterocycles. The van der Waals surface area contributed by atoms with Crippen LogP contribution < -0.4 is 10.2 Å². The topological polar surface area (TPSA) is 62.0 Å². The standard InChI is InChI=1S/C12H10Cl2N2O2S/c1-6-10(19-12(18)16-6)11(17)15-5-7-2-3-8(13)9(14)4-7/h2-4H,5H2,1H3,(H,15,17)(H,16,18). The van der Waals surface area contributed by atoms with Gasteiger partial charge in [-0.05, 0) is 24.6 Å². The number of benzene rings is 1. The van der Waals surface area contributed by atoms with Crippen molar-refractivity contribution in [1.82, 2.24) is 10.3 Å². The molecule has 0 aliphatic carbocycles. The zero-order valence-corrected chi connectivity index (χ0v) is 12.2. The number of halogens is 2. The van der Waals surface area contributed by atoms with Gasteiger partial charge in [0.15, 0.2) is 0 Å². The van der Waals surface area contributed by atoms with Gasteiger partial charge in [0.05, 0.1) is 10.0 Å². The maximum absolute atomic E-state index is 11.9. The maximum atomic E-state index is 11.9. The molecule has 1 aromatic heterocycles. The number of aromatic nitrogens is 1. The lowest BCUT2D eigenvalue weighted by Crippen LogP contribution is -2.22. The molecule has 0 saturated heterocycles. The minimum absolute atomic E-state index is 0.239. The number of hydrogen-bond donors (Lipinski definition) is 2. The smallest absolute Gasteiger partial charge is 0.305 e. The van der Waals surface area contributed by atoms with E-state index in [1.54, 1.807) is 25.1 Å². The first-order chi connectivity index (χ1) is 8.97. The molecule has 1 amide bonds. The van der Waals surface area contributed by atoms with Crippen LogP contribution >= 0.6 is 34.5 Å². The van der Waals surface area contributed by atoms with Crippen LogP contribution in [0.2, 0.25) is 10.0 Å². The highest BCUT2D eigenvalue weighted by atomic mass is 35.5. The van der Waals surface area contributed by atoms with Gasteiger partial charge in [0.25, 0.3) is 5.91 Å². The van der Waals surface area contributed by atoms with Gasteiger partial charge in [0.1, 0.15) is 4.88 Å². The Kier molecular flexibility index (Phi) is 4.29. The molecule has 1 heterocycles. The summed E-state index contributed by atoms with van der Waals surface area (Å²) in [6.07, 6.45) is 0. The molecule has 19 heavy (non-hydrogen) atoms. The van der Waals surface area contributed by atoms with E-state index < -0.39 is 0 Å². The van der Waals surface area contributed by atoms with E-state index in [9.17, 15) is 9.59 Å². The van der Waals surface area contributed by atoms with Crippen LogP contribution in [0.3, 0.4) is 0 Å². The lowest BCUT2D eigenvalue weighted by Gasteiger charge is -2.05. The van der Waals surface area contributed by atoms with Crippen LogP contribution in [0.5, 0.6) is 0 Å². The Morgan fingerprint density at radius 3 is 2.68 bits per heavy atom. The maximum Gasteiger partial charge on any atom is 0.305 e. The van der Waals surface area contributed by atoms with E-state index in [1.807, 2.05) is 0 Å². The van der Waals surface area contributed by atoms with Crippen LogP contribution in [-0.4, -0.2) is 10.9 Å². The molecular weight excluding hydrogens is 307 g/mol. The fourth-order valence-electron chi connectivity index (χ4n) is 1.53. The zero-order chi connectivity index (χ0) is 14.0. The number of aryl methyl sites for hydroxylation is 1. The molecular formula is C12H10Cl2N2O2S. The van der Waals surface area contributed by atoms with E-state index in [4.69, 9.17) is 23.2 Å². The molecule has 0 spiro atoms. The molecule has 1 aromatic carbocycles. The number of H-pyrrole nitrogens is 1. The number of amides is 1. The molecule has 2 aromatic rings. The van der Waals surface area contributed by atoms with Gasteiger partial charge in [0.2, 0.25) is 0 Å². The van der Waals surface area contributed by atoms with Crippen LogP contribution in [0.1, 0.15) is 20.9 Å². The van der Waals surface area contributed by atoms with Crippen LogP contribution in [0.25, 0.3) is 0 Å². The zero-order valence-electron chi connectivity index (χ0n) is 9.92. The van der Waals surface area contributed by atoms with Gasteiger partial charge in [-0.15, -0.1) is 0 Å². The molecule has 7 heteroatoms. The Morgan fingerprint density at radius 1 is 1.37 bits per heavy atom. The molecule has 2 N–H and O–H groups in total. The number of carbonyl (C=O) groups excluding carboxylic acids is 1. The Hall–Kier alpha value is -1.30. The predicted octanol–water partition coefficient (Wildman–Crippen LogP) is 2.98. The highest BCUT2D eigenvalue weighted by Gasteiger charge is 2.12. The van der Waals surface area contributed by atoms with Crippen molar-refractivity contribution in [3.8, 4) is 0 Å². The van der Waals surface area contributed by atoms with Crippen LogP contribution in [0.15, 0.2) is 23.0 Å². The summed E-state index contributed by atoms with van der Waals surface area (Å²) >= 11 is 12.6. The third-order valence-corrected chi connectivity index (χ3v) is 4.19. The average Bonchev–Trinajstić information content (AvgIpc) is 2.70. The largest absolute Gasteiger partial charge is 0.347 e. The Morgan fingerprint density at radius 2 is 2.11 bits per heavy atom. The third-order valence-electron chi connectivity index (χ3n) is 2.47. The van der Waals surface area contributed by atoms with Crippen LogP contribution in [-0.2, 0) is 6.54 Å². The highest BCUT2D eigenvalue weighted by Crippen LogP contribution is 2.22. The molecule has 0 aliphatic rings. The van der Waals surface area contributed by atoms with Gasteiger partial charge in [-0.25, -0.2) is 0 Å². The molecule has 0 fully saturated rings. The molecule has 0 saturated carbocycles. The second kappa shape index (κ2) is 5.77. The van der Waals surface area contributed by atoms with E-state index in [1.165, 1.54) is 0 Å². The van der Waals surface area contributed by atoms with Gasteiger partial charge >= 0.3 is 4.87 Å². The summed E-state index contributed by atoms with van der Waals surface area (Å²) in [6.45, 7) is 2.01. The molecule has 4 nitrogen and oxygen atoms in total. The average molecular weight is 317 g/mol. The van der Waals surface area contributed by atoms with Gasteiger partial charge in [-0.3, -0.25) is 9.59 Å². The lowest BCUT2D eigenvalue weighted by atomic mass is 10.2. The number of hydrogen-bond acceptors (Lipinski definition) is 3. The van der Waals surface area contributed by atoms with Crippen molar-refractivity contribution in [2.75, 3.05) is 0 Å². The van der Waals surface area contributed by atoms with Crippen molar-refractivity contribution < 1.29 is 4.79 Å². The minimum Gasteiger partial charge on any atom is -0.347 e. The summed E-state index contributed by atoms with van der Waals surface area (Å²) in [5.74, 6) is -0.285. The van der Waals surface area contributed by atoms with Crippen molar-refractivity contribution in [1.29, 1.82) is 0 Å². The first-order valence-electron chi connectivity index (χ1n) is 5.39. The molecule has 100 valence electrons. The second-order valence-corrected chi connectivity index (χ2v) is 5.70. The lowest BCUT2D eigenvalue weighted by molar-refractivity contribution is 0.0954. The second-order valence-electron chi connectivity index (χ2n) is 3.90. The van der Waals surface area contributed by atoms with E-state index in [0.29, 0.717) is 27.2 Å². The van der Waals surface area contributed by atoms with E-state index in [0.717, 1.165) is 16.9 Å². The van der Waals surface area contributed by atoms with Crippen molar-refractivity contribution in [3.63, 3.8) is 0 Å². The van der Waals surface area contributed by atoms with Crippen LogP contribution in [0.4, 0.5) is 0 Å². The van der Waals surface area contributed by atoms with Crippen molar-refractivity contribution in [3.05, 3.63) is 54.0 Å². The fraction of sp³-hybridized carbons (Fsp3) is 0.167. The molecule has 0 unspecified atom stereocenters. The third kappa shape index (κ3) is 3.37. The summed E-state index contributed by atoms with van der Waals surface area (Å²) in [7, 11) is 0. The Bertz CT molecular complexity index is 679. The molecule has 0 bridgehead atoms. The Balaban J connectivity index is 2.06. The quantitative estimate of drug-likeness (QED) is 0.914. The summed E-state index contributed by atoms with van der Waals surface area (Å²) in [5.41, 5.74) is 1.41. The SMILES string of the molecule is Cc1[nH]c(=O)sc1C(=O)NCc1ccc(Cl)c(Cl)c1. The first-order valence-corrected chi connectivity index (χ1v) is 6.96. The predicted molar refractivity (Wildman–Crippen MR) is 77.3 cm³/mol. The fourth-order valence-corrected chi connectivity index (χ4v) is 2.61. The van der Waals surface area contributed by atoms with Gasteiger partial charge < -0.3 is 10.3 Å². The first kappa shape index (κ1) is 14.1. The molecule has 0 radical (unpaired) electrons. The van der Waals surface area contributed by atoms with Crippen molar-refractivity contribution >= 4 is 40.4 Å². The van der Waals surface area contributed by atoms with E-state index >= 15 is 0 Å². The van der Waals surface area contributed by atoms with Crippen molar-refractivity contribution in [2.45, 2.75) is 13.5 Å². The highest BCUT2D eigenvalue weighted by molar-refractivity contribution is 7.11. The van der Waals surface area contributed by atoms with Gasteiger partial charge in [-0.2, -0.15) is 0 Å². The van der Waals surface area contributed by atoms with Crippen LogP contribution in [0, 0.1) is 6.92 Å². The van der Waals surface area contributed by atoms with E-state index in [2.05, 4.69) is 10.3 Å². The van der Waals surface area contributed by atoms with E-state index in [-0.39, 0.29) is 10.8 Å².